The molecule has 1 N–H and O–H groups in total. The van der Waals surface area contributed by atoms with Gasteiger partial charge in [-0.3, -0.25) is 9.63 Å². The number of alkyl halides is 3. The Bertz CT molecular complexity index is 466. The SMILES string of the molecule is COc1ccc(CCC(=O)NOCC(F)(F)F)cc1Br. The predicted molar refractivity (Wildman–Crippen MR) is 69.2 cm³/mol. The van der Waals surface area contributed by atoms with E-state index in [2.05, 4.69) is 20.8 Å². The third-order valence-corrected chi connectivity index (χ3v) is 2.90. The van der Waals surface area contributed by atoms with Crippen molar-refractivity contribution in [2.24, 2.45) is 0 Å². The molecule has 1 amide bonds. The molecule has 1 aromatic carbocycles. The third kappa shape index (κ3) is 6.25. The van der Waals surface area contributed by atoms with Gasteiger partial charge in [0.2, 0.25) is 5.91 Å². The van der Waals surface area contributed by atoms with Crippen molar-refractivity contribution < 1.29 is 27.5 Å². The van der Waals surface area contributed by atoms with Crippen LogP contribution in [0.5, 0.6) is 5.75 Å². The summed E-state index contributed by atoms with van der Waals surface area (Å²) >= 11 is 3.30. The minimum absolute atomic E-state index is 0.0244. The summed E-state index contributed by atoms with van der Waals surface area (Å²) in [5, 5.41) is 0. The summed E-state index contributed by atoms with van der Waals surface area (Å²) in [6.45, 7) is -1.51. The first-order valence-corrected chi connectivity index (χ1v) is 6.41. The van der Waals surface area contributed by atoms with Crippen molar-refractivity contribution >= 4 is 21.8 Å². The summed E-state index contributed by atoms with van der Waals surface area (Å²) in [6.07, 6.45) is -4.06. The van der Waals surface area contributed by atoms with Gasteiger partial charge in [0.05, 0.1) is 11.6 Å². The van der Waals surface area contributed by atoms with Crippen LogP contribution in [-0.2, 0) is 16.1 Å². The summed E-state index contributed by atoms with van der Waals surface area (Å²) in [6, 6.07) is 5.29. The van der Waals surface area contributed by atoms with Gasteiger partial charge in [0.1, 0.15) is 5.75 Å². The van der Waals surface area contributed by atoms with Crippen LogP contribution in [-0.4, -0.2) is 25.8 Å². The van der Waals surface area contributed by atoms with Gasteiger partial charge in [-0.15, -0.1) is 0 Å². The number of rotatable bonds is 6. The standard InChI is InChI=1S/C12H13BrF3NO3/c1-19-10-4-2-8(6-9(10)13)3-5-11(18)17-20-7-12(14,15)16/h2,4,6H,3,5,7H2,1H3,(H,17,18). The number of ether oxygens (including phenoxy) is 1. The maximum Gasteiger partial charge on any atom is 0.414 e. The molecule has 0 aliphatic carbocycles. The van der Waals surface area contributed by atoms with Crippen molar-refractivity contribution in [2.45, 2.75) is 19.0 Å². The molecule has 1 rings (SSSR count). The van der Waals surface area contributed by atoms with E-state index in [1.807, 2.05) is 0 Å². The number of benzene rings is 1. The topological polar surface area (TPSA) is 47.6 Å². The van der Waals surface area contributed by atoms with Gasteiger partial charge in [-0.25, -0.2) is 5.48 Å². The number of methoxy groups -OCH3 is 1. The summed E-state index contributed by atoms with van der Waals surface area (Å²) < 4.78 is 41.1. The molecule has 0 unspecified atom stereocenters. The number of amides is 1. The van der Waals surface area contributed by atoms with Gasteiger partial charge in [0, 0.05) is 6.42 Å². The van der Waals surface area contributed by atoms with Gasteiger partial charge >= 0.3 is 6.18 Å². The van der Waals surface area contributed by atoms with Crippen LogP contribution in [0.2, 0.25) is 0 Å². The maximum atomic E-state index is 11.8. The Morgan fingerprint density at radius 2 is 2.10 bits per heavy atom. The number of nitrogens with one attached hydrogen (secondary N) is 1. The summed E-state index contributed by atoms with van der Waals surface area (Å²) in [4.78, 5) is 15.3. The second kappa shape index (κ2) is 7.49. The minimum Gasteiger partial charge on any atom is -0.496 e. The smallest absolute Gasteiger partial charge is 0.414 e. The molecule has 1 aromatic rings. The molecule has 0 atom stereocenters. The molecule has 0 spiro atoms. The van der Waals surface area contributed by atoms with Crippen LogP contribution in [0.4, 0.5) is 13.2 Å². The zero-order valence-corrected chi connectivity index (χ0v) is 12.2. The molecule has 0 bridgehead atoms. The average molecular weight is 356 g/mol. The van der Waals surface area contributed by atoms with E-state index in [1.165, 1.54) is 7.11 Å². The van der Waals surface area contributed by atoms with E-state index < -0.39 is 18.7 Å². The molecular formula is C12H13BrF3NO3. The van der Waals surface area contributed by atoms with Crippen molar-refractivity contribution in [1.82, 2.24) is 5.48 Å². The third-order valence-electron chi connectivity index (χ3n) is 2.28. The molecule has 0 aliphatic heterocycles. The fraction of sp³-hybridized carbons (Fsp3) is 0.417. The maximum absolute atomic E-state index is 11.8. The number of aryl methyl sites for hydroxylation is 1. The first kappa shape index (κ1) is 16.8. The van der Waals surface area contributed by atoms with Crippen molar-refractivity contribution in [3.05, 3.63) is 28.2 Å². The molecule has 0 fully saturated rings. The van der Waals surface area contributed by atoms with Crippen molar-refractivity contribution in [1.29, 1.82) is 0 Å². The highest BCUT2D eigenvalue weighted by atomic mass is 79.9. The summed E-state index contributed by atoms with van der Waals surface area (Å²) in [5.41, 5.74) is 2.60. The highest BCUT2D eigenvalue weighted by molar-refractivity contribution is 9.10. The van der Waals surface area contributed by atoms with E-state index in [0.717, 1.165) is 10.0 Å². The average Bonchev–Trinajstić information content (AvgIpc) is 2.35. The van der Waals surface area contributed by atoms with Crippen LogP contribution in [0.15, 0.2) is 22.7 Å². The van der Waals surface area contributed by atoms with Gasteiger partial charge in [-0.2, -0.15) is 13.2 Å². The molecule has 0 radical (unpaired) electrons. The fourth-order valence-corrected chi connectivity index (χ4v) is 1.96. The van der Waals surface area contributed by atoms with E-state index in [4.69, 9.17) is 4.74 Å². The quantitative estimate of drug-likeness (QED) is 0.798. The molecule has 8 heteroatoms. The van der Waals surface area contributed by atoms with Gasteiger partial charge in [-0.05, 0) is 40.0 Å². The first-order chi connectivity index (χ1) is 9.31. The number of hydroxylamine groups is 1. The molecule has 20 heavy (non-hydrogen) atoms. The number of carbonyl (C=O) groups excluding carboxylic acids is 1. The molecule has 112 valence electrons. The lowest BCUT2D eigenvalue weighted by Gasteiger charge is -2.09. The van der Waals surface area contributed by atoms with Crippen molar-refractivity contribution in [3.8, 4) is 5.75 Å². The Labute approximate surface area is 122 Å². The highest BCUT2D eigenvalue weighted by Crippen LogP contribution is 2.25. The molecule has 0 heterocycles. The summed E-state index contributed by atoms with van der Waals surface area (Å²) in [7, 11) is 1.53. The van der Waals surface area contributed by atoms with Crippen LogP contribution < -0.4 is 10.2 Å². The van der Waals surface area contributed by atoms with Crippen LogP contribution in [0.1, 0.15) is 12.0 Å². The van der Waals surface area contributed by atoms with E-state index in [1.54, 1.807) is 23.7 Å². The molecule has 0 aromatic heterocycles. The molecule has 4 nitrogen and oxygen atoms in total. The highest BCUT2D eigenvalue weighted by Gasteiger charge is 2.28. The van der Waals surface area contributed by atoms with E-state index in [-0.39, 0.29) is 6.42 Å². The van der Waals surface area contributed by atoms with Crippen LogP contribution in [0, 0.1) is 0 Å². The lowest BCUT2D eigenvalue weighted by molar-refractivity contribution is -0.191. The molecule has 0 saturated carbocycles. The second-order valence-electron chi connectivity index (χ2n) is 3.90. The number of halogens is 4. The van der Waals surface area contributed by atoms with E-state index >= 15 is 0 Å². The normalized spacial score (nSPS) is 11.2. The predicted octanol–water partition coefficient (Wildman–Crippen LogP) is 3.00. The Morgan fingerprint density at radius 3 is 2.65 bits per heavy atom. The van der Waals surface area contributed by atoms with E-state index in [9.17, 15) is 18.0 Å². The van der Waals surface area contributed by atoms with E-state index in [0.29, 0.717) is 12.2 Å². The summed E-state index contributed by atoms with van der Waals surface area (Å²) in [5.74, 6) is 0.0490. The van der Waals surface area contributed by atoms with Crippen LogP contribution in [0.3, 0.4) is 0 Å². The van der Waals surface area contributed by atoms with Gasteiger partial charge in [0.15, 0.2) is 6.61 Å². The number of hydrogen-bond acceptors (Lipinski definition) is 3. The zero-order valence-electron chi connectivity index (χ0n) is 10.6. The Balaban J connectivity index is 2.36. The van der Waals surface area contributed by atoms with Crippen molar-refractivity contribution in [2.75, 3.05) is 13.7 Å². The monoisotopic (exact) mass is 355 g/mol. The van der Waals surface area contributed by atoms with Crippen molar-refractivity contribution in [3.63, 3.8) is 0 Å². The Morgan fingerprint density at radius 1 is 1.40 bits per heavy atom. The molecular weight excluding hydrogens is 343 g/mol. The Kier molecular flexibility index (Phi) is 6.28. The lowest BCUT2D eigenvalue weighted by Crippen LogP contribution is -2.29. The molecule has 0 aliphatic rings. The second-order valence-corrected chi connectivity index (χ2v) is 4.75. The molecule has 0 saturated heterocycles. The number of hydrogen-bond donors (Lipinski definition) is 1. The Hall–Kier alpha value is -1.28. The lowest BCUT2D eigenvalue weighted by atomic mass is 10.1. The zero-order chi connectivity index (χ0) is 15.2. The first-order valence-electron chi connectivity index (χ1n) is 5.61. The van der Waals surface area contributed by atoms with Crippen LogP contribution in [0.25, 0.3) is 0 Å². The van der Waals surface area contributed by atoms with Crippen LogP contribution >= 0.6 is 15.9 Å². The van der Waals surface area contributed by atoms with Gasteiger partial charge < -0.3 is 4.74 Å². The number of carbonyl (C=O) groups is 1. The van der Waals surface area contributed by atoms with Gasteiger partial charge in [0.25, 0.3) is 0 Å². The van der Waals surface area contributed by atoms with Gasteiger partial charge in [-0.1, -0.05) is 6.07 Å². The largest absolute Gasteiger partial charge is 0.496 e. The fourth-order valence-electron chi connectivity index (χ4n) is 1.37. The minimum atomic E-state index is -4.46.